The van der Waals surface area contributed by atoms with Crippen LogP contribution in [0.5, 0.6) is 0 Å². The van der Waals surface area contributed by atoms with Crippen LogP contribution in [-0.2, 0) is 29.0 Å². The van der Waals surface area contributed by atoms with E-state index in [-0.39, 0.29) is 24.1 Å². The van der Waals surface area contributed by atoms with Crippen molar-refractivity contribution in [1.82, 2.24) is 10.2 Å². The van der Waals surface area contributed by atoms with E-state index in [2.05, 4.69) is 21.2 Å². The third kappa shape index (κ3) is 6.76. The number of nitrogens with one attached hydrogen (secondary N) is 1. The number of hydrogen-bond donors (Lipinski definition) is 1. The first-order valence-electron chi connectivity index (χ1n) is 10.6. The van der Waals surface area contributed by atoms with Gasteiger partial charge in [0, 0.05) is 24.0 Å². The molecule has 0 fully saturated rings. The number of hydrogen-bond acceptors (Lipinski definition) is 2. The molecule has 166 valence electrons. The minimum atomic E-state index is -0.672. The second kappa shape index (κ2) is 11.6. The SMILES string of the molecule is CCNC(=O)C(Cc1ccccc1)N(Cc1ccc(Br)cc1)C(=O)Cc1ccc(F)cc1. The van der Waals surface area contributed by atoms with Crippen molar-refractivity contribution in [2.45, 2.75) is 32.4 Å². The smallest absolute Gasteiger partial charge is 0.243 e. The number of halogens is 2. The van der Waals surface area contributed by atoms with Crippen LogP contribution in [0.4, 0.5) is 4.39 Å². The minimum absolute atomic E-state index is 0.0848. The summed E-state index contributed by atoms with van der Waals surface area (Å²) in [5.74, 6) is -0.732. The van der Waals surface area contributed by atoms with Crippen LogP contribution in [0.15, 0.2) is 83.3 Å². The Bertz CT molecular complexity index is 1020. The summed E-state index contributed by atoms with van der Waals surface area (Å²) in [6, 6.07) is 22.6. The van der Waals surface area contributed by atoms with Crippen molar-refractivity contribution < 1.29 is 14.0 Å². The molecule has 0 aliphatic carbocycles. The Morgan fingerprint density at radius 2 is 1.53 bits per heavy atom. The second-order valence-corrected chi connectivity index (χ2v) is 8.47. The van der Waals surface area contributed by atoms with Gasteiger partial charge in [0.05, 0.1) is 6.42 Å². The molecule has 0 radical (unpaired) electrons. The van der Waals surface area contributed by atoms with E-state index in [1.54, 1.807) is 17.0 Å². The quantitative estimate of drug-likeness (QED) is 0.457. The molecule has 0 aliphatic heterocycles. The molecule has 0 saturated heterocycles. The van der Waals surface area contributed by atoms with Crippen molar-refractivity contribution in [2.24, 2.45) is 0 Å². The Balaban J connectivity index is 1.93. The number of amides is 2. The van der Waals surface area contributed by atoms with Crippen molar-refractivity contribution in [3.05, 3.63) is 106 Å². The lowest BCUT2D eigenvalue weighted by atomic mass is 10.0. The van der Waals surface area contributed by atoms with Gasteiger partial charge in [-0.05, 0) is 47.9 Å². The largest absolute Gasteiger partial charge is 0.355 e. The lowest BCUT2D eigenvalue weighted by Gasteiger charge is -2.31. The number of benzene rings is 3. The van der Waals surface area contributed by atoms with E-state index in [4.69, 9.17) is 0 Å². The molecule has 0 aromatic heterocycles. The van der Waals surface area contributed by atoms with Gasteiger partial charge in [0.15, 0.2) is 0 Å². The van der Waals surface area contributed by atoms with Gasteiger partial charge in [0.25, 0.3) is 0 Å². The summed E-state index contributed by atoms with van der Waals surface area (Å²) in [6.07, 6.45) is 0.486. The molecular weight excluding hydrogens is 471 g/mol. The third-order valence-electron chi connectivity index (χ3n) is 5.16. The molecule has 3 aromatic carbocycles. The van der Waals surface area contributed by atoms with E-state index in [1.807, 2.05) is 61.5 Å². The van der Waals surface area contributed by atoms with Gasteiger partial charge >= 0.3 is 0 Å². The van der Waals surface area contributed by atoms with Gasteiger partial charge in [-0.3, -0.25) is 9.59 Å². The number of likely N-dealkylation sites (N-methyl/N-ethyl adjacent to an activating group) is 1. The summed E-state index contributed by atoms with van der Waals surface area (Å²) >= 11 is 3.43. The molecule has 1 unspecified atom stereocenters. The van der Waals surface area contributed by atoms with Crippen LogP contribution in [0.3, 0.4) is 0 Å². The molecule has 2 amide bonds. The average Bonchev–Trinajstić information content (AvgIpc) is 2.79. The monoisotopic (exact) mass is 496 g/mol. The molecule has 0 heterocycles. The zero-order chi connectivity index (χ0) is 22.9. The van der Waals surface area contributed by atoms with Crippen molar-refractivity contribution in [3.63, 3.8) is 0 Å². The van der Waals surface area contributed by atoms with Crippen LogP contribution in [0.25, 0.3) is 0 Å². The lowest BCUT2D eigenvalue weighted by Crippen LogP contribution is -2.50. The fraction of sp³-hybridized carbons (Fsp3) is 0.231. The highest BCUT2D eigenvalue weighted by molar-refractivity contribution is 9.10. The summed E-state index contributed by atoms with van der Waals surface area (Å²) in [5, 5.41) is 2.88. The fourth-order valence-corrected chi connectivity index (χ4v) is 3.78. The zero-order valence-electron chi connectivity index (χ0n) is 17.9. The van der Waals surface area contributed by atoms with Crippen LogP contribution >= 0.6 is 15.9 Å². The molecule has 3 rings (SSSR count). The predicted molar refractivity (Wildman–Crippen MR) is 127 cm³/mol. The summed E-state index contributed by atoms with van der Waals surface area (Å²) in [4.78, 5) is 28.2. The summed E-state index contributed by atoms with van der Waals surface area (Å²) in [7, 11) is 0. The first-order valence-corrected chi connectivity index (χ1v) is 11.4. The van der Waals surface area contributed by atoms with E-state index < -0.39 is 6.04 Å². The molecule has 6 heteroatoms. The van der Waals surface area contributed by atoms with Crippen LogP contribution in [0.1, 0.15) is 23.6 Å². The van der Waals surface area contributed by atoms with Gasteiger partial charge in [0.1, 0.15) is 11.9 Å². The average molecular weight is 497 g/mol. The van der Waals surface area contributed by atoms with Gasteiger partial charge in [-0.25, -0.2) is 4.39 Å². The van der Waals surface area contributed by atoms with Crippen molar-refractivity contribution in [1.29, 1.82) is 0 Å². The topological polar surface area (TPSA) is 49.4 Å². The highest BCUT2D eigenvalue weighted by atomic mass is 79.9. The standard InChI is InChI=1S/C26H26BrFN2O2/c1-2-29-26(32)24(16-19-6-4-3-5-7-19)30(18-21-8-12-22(27)13-9-21)25(31)17-20-10-14-23(28)15-11-20/h3-15,24H,2,16-18H2,1H3,(H,29,32). The summed E-state index contributed by atoms with van der Waals surface area (Å²) in [6.45, 7) is 2.63. The molecular formula is C26H26BrFN2O2. The maximum atomic E-state index is 13.5. The maximum absolute atomic E-state index is 13.5. The van der Waals surface area contributed by atoms with Crippen LogP contribution in [0, 0.1) is 5.82 Å². The second-order valence-electron chi connectivity index (χ2n) is 7.55. The first-order chi connectivity index (χ1) is 15.5. The van der Waals surface area contributed by atoms with Crippen LogP contribution < -0.4 is 5.32 Å². The minimum Gasteiger partial charge on any atom is -0.355 e. The Morgan fingerprint density at radius 1 is 0.906 bits per heavy atom. The first kappa shape index (κ1) is 23.7. The number of nitrogens with zero attached hydrogens (tertiary/aromatic N) is 1. The Hall–Kier alpha value is -2.99. The van der Waals surface area contributed by atoms with Crippen molar-refractivity contribution in [2.75, 3.05) is 6.54 Å². The Morgan fingerprint density at radius 3 is 2.16 bits per heavy atom. The summed E-state index contributed by atoms with van der Waals surface area (Å²) in [5.41, 5.74) is 2.59. The highest BCUT2D eigenvalue weighted by Gasteiger charge is 2.30. The molecule has 0 aliphatic rings. The Labute approximate surface area is 196 Å². The molecule has 0 bridgehead atoms. The van der Waals surface area contributed by atoms with Gasteiger partial charge in [-0.15, -0.1) is 0 Å². The van der Waals surface area contributed by atoms with Gasteiger partial charge in [0.2, 0.25) is 11.8 Å². The maximum Gasteiger partial charge on any atom is 0.243 e. The number of rotatable bonds is 9. The number of carbonyl (C=O) groups is 2. The molecule has 0 spiro atoms. The normalized spacial score (nSPS) is 11.6. The van der Waals surface area contributed by atoms with E-state index in [1.165, 1.54) is 12.1 Å². The predicted octanol–water partition coefficient (Wildman–Crippen LogP) is 4.91. The van der Waals surface area contributed by atoms with Gasteiger partial charge in [-0.2, -0.15) is 0 Å². The van der Waals surface area contributed by atoms with E-state index in [0.29, 0.717) is 25.1 Å². The van der Waals surface area contributed by atoms with Crippen LogP contribution in [-0.4, -0.2) is 29.3 Å². The van der Waals surface area contributed by atoms with Gasteiger partial charge in [-0.1, -0.05) is 70.5 Å². The van der Waals surface area contributed by atoms with E-state index in [0.717, 1.165) is 15.6 Å². The molecule has 4 nitrogen and oxygen atoms in total. The molecule has 0 saturated carbocycles. The Kier molecular flexibility index (Phi) is 8.56. The zero-order valence-corrected chi connectivity index (χ0v) is 19.5. The fourth-order valence-electron chi connectivity index (χ4n) is 3.51. The molecule has 1 N–H and O–H groups in total. The van der Waals surface area contributed by atoms with E-state index in [9.17, 15) is 14.0 Å². The third-order valence-corrected chi connectivity index (χ3v) is 5.69. The molecule has 1 atom stereocenters. The highest BCUT2D eigenvalue weighted by Crippen LogP contribution is 2.18. The lowest BCUT2D eigenvalue weighted by molar-refractivity contribution is -0.140. The summed E-state index contributed by atoms with van der Waals surface area (Å²) < 4.78 is 14.3. The van der Waals surface area contributed by atoms with E-state index >= 15 is 0 Å². The molecule has 32 heavy (non-hydrogen) atoms. The van der Waals surface area contributed by atoms with Crippen LogP contribution in [0.2, 0.25) is 0 Å². The van der Waals surface area contributed by atoms with Crippen molar-refractivity contribution >= 4 is 27.7 Å². The van der Waals surface area contributed by atoms with Crippen molar-refractivity contribution in [3.8, 4) is 0 Å². The molecule has 3 aromatic rings. The number of carbonyl (C=O) groups excluding carboxylic acids is 2. The van der Waals surface area contributed by atoms with Gasteiger partial charge < -0.3 is 10.2 Å².